The molecule has 0 amide bonds. The molecule has 48 valence electrons. The fourth-order valence-corrected chi connectivity index (χ4v) is 0.843. The molecule has 1 unspecified atom stereocenters. The second-order valence-electron chi connectivity index (χ2n) is 1.99. The molecule has 1 rings (SSSR count). The van der Waals surface area contributed by atoms with Crippen molar-refractivity contribution in [1.29, 1.82) is 0 Å². The quantitative estimate of drug-likeness (QED) is 0.355. The zero-order valence-electron chi connectivity index (χ0n) is 4.93. The van der Waals surface area contributed by atoms with Crippen LogP contribution in [0.4, 0.5) is 0 Å². The smallest absolute Gasteiger partial charge is 0.108 e. The third kappa shape index (κ3) is 1.34. The highest BCUT2D eigenvalue weighted by molar-refractivity contribution is 6.20. The van der Waals surface area contributed by atoms with Crippen LogP contribution in [0.5, 0.6) is 0 Å². The van der Waals surface area contributed by atoms with Crippen LogP contribution in [0.15, 0.2) is 0 Å². The van der Waals surface area contributed by atoms with E-state index < -0.39 is 0 Å². The van der Waals surface area contributed by atoms with E-state index in [0.717, 1.165) is 13.2 Å². The van der Waals surface area contributed by atoms with Crippen LogP contribution in [0.3, 0.4) is 0 Å². The minimum absolute atomic E-state index is 0.0868. The van der Waals surface area contributed by atoms with Gasteiger partial charge in [0.15, 0.2) is 0 Å². The van der Waals surface area contributed by atoms with Crippen molar-refractivity contribution in [3.05, 3.63) is 0 Å². The fourth-order valence-electron chi connectivity index (χ4n) is 0.656. The average Bonchev–Trinajstić information content (AvgIpc) is 1.77. The minimum atomic E-state index is 0.0868. The molecule has 0 N–H and O–H groups in total. The Morgan fingerprint density at radius 2 is 2.50 bits per heavy atom. The highest BCUT2D eigenvalue weighted by Crippen LogP contribution is 2.06. The Morgan fingerprint density at radius 3 is 2.88 bits per heavy atom. The number of nitrogens with zero attached hydrogens (tertiary/aromatic N) is 1. The predicted octanol–water partition coefficient (Wildman–Crippen LogP) is 0.513. The molecule has 0 aromatic carbocycles. The molecule has 1 aliphatic rings. The van der Waals surface area contributed by atoms with E-state index in [1.165, 1.54) is 0 Å². The first-order valence-corrected chi connectivity index (χ1v) is 3.16. The Kier molecular flexibility index (Phi) is 2.11. The summed E-state index contributed by atoms with van der Waals surface area (Å²) in [4.78, 5) is 2.07. The topological polar surface area (TPSA) is 12.5 Å². The van der Waals surface area contributed by atoms with Crippen molar-refractivity contribution in [2.24, 2.45) is 0 Å². The highest BCUT2D eigenvalue weighted by atomic mass is 35.5. The van der Waals surface area contributed by atoms with Crippen molar-refractivity contribution in [3.8, 4) is 0 Å². The van der Waals surface area contributed by atoms with E-state index >= 15 is 0 Å². The molecule has 1 fully saturated rings. The van der Waals surface area contributed by atoms with Gasteiger partial charge in [-0.25, -0.2) is 0 Å². The van der Waals surface area contributed by atoms with Gasteiger partial charge in [-0.1, -0.05) is 0 Å². The molecule has 0 radical (unpaired) electrons. The molecule has 8 heavy (non-hydrogen) atoms. The number of alkyl halides is 1. The molecule has 0 aromatic heterocycles. The van der Waals surface area contributed by atoms with Crippen LogP contribution in [-0.2, 0) is 4.74 Å². The molecule has 1 saturated heterocycles. The van der Waals surface area contributed by atoms with Gasteiger partial charge in [-0.3, -0.25) is 4.90 Å². The molecule has 0 spiro atoms. The Bertz CT molecular complexity index is 68.8. The maximum Gasteiger partial charge on any atom is 0.108 e. The van der Waals surface area contributed by atoms with E-state index in [2.05, 4.69) is 4.90 Å². The van der Waals surface area contributed by atoms with Gasteiger partial charge in [0.2, 0.25) is 0 Å². The second-order valence-corrected chi connectivity index (χ2v) is 2.49. The van der Waals surface area contributed by atoms with Gasteiger partial charge in [0.1, 0.15) is 5.50 Å². The van der Waals surface area contributed by atoms with E-state index in [-0.39, 0.29) is 5.50 Å². The van der Waals surface area contributed by atoms with Gasteiger partial charge in [0.25, 0.3) is 0 Å². The van der Waals surface area contributed by atoms with Gasteiger partial charge in [0.05, 0.1) is 13.2 Å². The van der Waals surface area contributed by atoms with Gasteiger partial charge in [-0.15, -0.1) is 11.6 Å². The second kappa shape index (κ2) is 2.67. The van der Waals surface area contributed by atoms with Crippen LogP contribution >= 0.6 is 11.6 Å². The molecule has 0 aliphatic carbocycles. The van der Waals surface area contributed by atoms with Crippen molar-refractivity contribution in [1.82, 2.24) is 4.90 Å². The summed E-state index contributed by atoms with van der Waals surface area (Å²) in [7, 11) is 2.00. The molecule has 0 aromatic rings. The first-order chi connectivity index (χ1) is 3.80. The third-order valence-corrected chi connectivity index (χ3v) is 1.78. The molecule has 0 saturated carbocycles. The monoisotopic (exact) mass is 135 g/mol. The maximum atomic E-state index is 5.77. The number of hydrogen-bond donors (Lipinski definition) is 0. The summed E-state index contributed by atoms with van der Waals surface area (Å²) < 4.78 is 5.08. The first-order valence-electron chi connectivity index (χ1n) is 2.73. The molecule has 3 heteroatoms. The Hall–Kier alpha value is 0.210. The van der Waals surface area contributed by atoms with Crippen LogP contribution in [0.25, 0.3) is 0 Å². The number of likely N-dealkylation sites (N-methyl/N-ethyl adjacent to an activating group) is 1. The first kappa shape index (κ1) is 6.33. The lowest BCUT2D eigenvalue weighted by Gasteiger charge is -2.27. The van der Waals surface area contributed by atoms with Crippen molar-refractivity contribution in [2.45, 2.75) is 5.50 Å². The molecular formula is C5H10ClNO. The van der Waals surface area contributed by atoms with E-state index in [4.69, 9.17) is 16.3 Å². The normalized spacial score (nSPS) is 33.0. The standard InChI is InChI=1S/C5H10ClNO/c1-7-2-3-8-4-5(7)6/h5H,2-4H2,1H3. The lowest BCUT2D eigenvalue weighted by Crippen LogP contribution is -2.38. The largest absolute Gasteiger partial charge is 0.377 e. The highest BCUT2D eigenvalue weighted by Gasteiger charge is 2.15. The molecule has 1 heterocycles. The number of hydrogen-bond acceptors (Lipinski definition) is 2. The van der Waals surface area contributed by atoms with Gasteiger partial charge >= 0.3 is 0 Å². The Labute approximate surface area is 54.4 Å². The van der Waals surface area contributed by atoms with Crippen molar-refractivity contribution >= 4 is 11.6 Å². The van der Waals surface area contributed by atoms with Crippen LogP contribution < -0.4 is 0 Å². The van der Waals surface area contributed by atoms with Crippen molar-refractivity contribution < 1.29 is 4.74 Å². The van der Waals surface area contributed by atoms with Crippen LogP contribution in [0.2, 0.25) is 0 Å². The lowest BCUT2D eigenvalue weighted by molar-refractivity contribution is 0.0351. The van der Waals surface area contributed by atoms with Gasteiger partial charge < -0.3 is 4.74 Å². The Balaban J connectivity index is 2.28. The summed E-state index contributed by atoms with van der Waals surface area (Å²) in [6.45, 7) is 2.44. The minimum Gasteiger partial charge on any atom is -0.377 e. The van der Waals surface area contributed by atoms with Gasteiger partial charge in [-0.2, -0.15) is 0 Å². The predicted molar refractivity (Wildman–Crippen MR) is 33.1 cm³/mol. The Morgan fingerprint density at radius 1 is 1.75 bits per heavy atom. The molecular weight excluding hydrogens is 126 g/mol. The number of rotatable bonds is 0. The van der Waals surface area contributed by atoms with Crippen LogP contribution in [-0.4, -0.2) is 37.2 Å². The SMILES string of the molecule is CN1CCOCC1Cl. The molecule has 1 atom stereocenters. The number of halogens is 1. The molecule has 2 nitrogen and oxygen atoms in total. The summed E-state index contributed by atoms with van der Waals surface area (Å²) in [5, 5.41) is 0. The summed E-state index contributed by atoms with van der Waals surface area (Å²) in [5.74, 6) is 0. The van der Waals surface area contributed by atoms with E-state index in [1.54, 1.807) is 0 Å². The van der Waals surface area contributed by atoms with Crippen molar-refractivity contribution in [2.75, 3.05) is 26.8 Å². The summed E-state index contributed by atoms with van der Waals surface area (Å²) in [5.41, 5.74) is 0.0868. The summed E-state index contributed by atoms with van der Waals surface area (Å²) >= 11 is 5.77. The summed E-state index contributed by atoms with van der Waals surface area (Å²) in [6.07, 6.45) is 0. The molecule has 0 bridgehead atoms. The average molecular weight is 136 g/mol. The van der Waals surface area contributed by atoms with Crippen LogP contribution in [0, 0.1) is 0 Å². The number of ether oxygens (including phenoxy) is 1. The van der Waals surface area contributed by atoms with E-state index in [9.17, 15) is 0 Å². The maximum absolute atomic E-state index is 5.77. The van der Waals surface area contributed by atoms with E-state index in [0.29, 0.717) is 6.61 Å². The van der Waals surface area contributed by atoms with E-state index in [1.807, 2.05) is 7.05 Å². The zero-order valence-corrected chi connectivity index (χ0v) is 5.69. The van der Waals surface area contributed by atoms with Crippen LogP contribution in [0.1, 0.15) is 0 Å². The van der Waals surface area contributed by atoms with Gasteiger partial charge in [-0.05, 0) is 7.05 Å². The lowest BCUT2D eigenvalue weighted by atomic mass is 10.5. The third-order valence-electron chi connectivity index (χ3n) is 1.32. The van der Waals surface area contributed by atoms with Gasteiger partial charge in [0, 0.05) is 6.54 Å². The zero-order chi connectivity index (χ0) is 5.98. The fraction of sp³-hybridized carbons (Fsp3) is 1.00. The number of morpholine rings is 1. The summed E-state index contributed by atoms with van der Waals surface area (Å²) in [6, 6.07) is 0. The van der Waals surface area contributed by atoms with Crippen molar-refractivity contribution in [3.63, 3.8) is 0 Å². The molecule has 1 aliphatic heterocycles.